The molecule has 0 aliphatic heterocycles. The van der Waals surface area contributed by atoms with E-state index in [9.17, 15) is 0 Å². The number of aryl methyl sites for hydroxylation is 1. The van der Waals surface area contributed by atoms with Gasteiger partial charge in [-0.1, -0.05) is 24.3 Å². The Morgan fingerprint density at radius 1 is 1.04 bits per heavy atom. The fourth-order valence-corrected chi connectivity index (χ4v) is 2.87. The third-order valence-electron chi connectivity index (χ3n) is 4.07. The molecule has 0 amide bonds. The van der Waals surface area contributed by atoms with E-state index in [2.05, 4.69) is 63.2 Å². The molecule has 2 aromatic carbocycles. The Kier molecular flexibility index (Phi) is 5.91. The van der Waals surface area contributed by atoms with Gasteiger partial charge >= 0.3 is 0 Å². The molecule has 0 aromatic heterocycles. The number of anilines is 1. The largest absolute Gasteiger partial charge is 0.493 e. The van der Waals surface area contributed by atoms with Crippen LogP contribution in [-0.4, -0.2) is 27.8 Å². The van der Waals surface area contributed by atoms with Crippen LogP contribution in [0.5, 0.6) is 11.5 Å². The van der Waals surface area contributed by atoms with Crippen molar-refractivity contribution in [1.82, 2.24) is 0 Å². The highest BCUT2D eigenvalue weighted by Gasteiger charge is 2.11. The van der Waals surface area contributed by atoms with E-state index < -0.39 is 0 Å². The maximum atomic E-state index is 5.72. The lowest BCUT2D eigenvalue weighted by atomic mass is 9.95. The van der Waals surface area contributed by atoms with Gasteiger partial charge in [0.05, 0.1) is 13.7 Å². The van der Waals surface area contributed by atoms with E-state index in [-0.39, 0.29) is 0 Å². The predicted octanol–water partition coefficient (Wildman–Crippen LogP) is 4.92. The SMILES string of the molecule is C/C=C(/c1ccc(OC)c(OCC)c1)c1ccc(C)c(N(C)C)c1. The van der Waals surface area contributed by atoms with Crippen LogP contribution < -0.4 is 14.4 Å². The predicted molar refractivity (Wildman–Crippen MR) is 102 cm³/mol. The third-order valence-corrected chi connectivity index (χ3v) is 4.07. The minimum atomic E-state index is 0.611. The van der Waals surface area contributed by atoms with Crippen LogP contribution in [0.3, 0.4) is 0 Å². The molecule has 0 saturated heterocycles. The van der Waals surface area contributed by atoms with E-state index in [1.165, 1.54) is 22.4 Å². The minimum Gasteiger partial charge on any atom is -0.493 e. The van der Waals surface area contributed by atoms with Crippen molar-refractivity contribution in [2.24, 2.45) is 0 Å². The van der Waals surface area contributed by atoms with Crippen molar-refractivity contribution in [3.05, 3.63) is 59.2 Å². The Morgan fingerprint density at radius 3 is 2.29 bits per heavy atom. The van der Waals surface area contributed by atoms with E-state index in [4.69, 9.17) is 9.47 Å². The summed E-state index contributed by atoms with van der Waals surface area (Å²) >= 11 is 0. The van der Waals surface area contributed by atoms with Gasteiger partial charge in [-0.15, -0.1) is 0 Å². The van der Waals surface area contributed by atoms with Crippen LogP contribution in [0.1, 0.15) is 30.5 Å². The van der Waals surface area contributed by atoms with Crippen molar-refractivity contribution in [3.8, 4) is 11.5 Å². The molecule has 3 nitrogen and oxygen atoms in total. The second kappa shape index (κ2) is 7.91. The van der Waals surface area contributed by atoms with Crippen molar-refractivity contribution < 1.29 is 9.47 Å². The molecule has 0 aliphatic rings. The molecule has 2 aromatic rings. The van der Waals surface area contributed by atoms with Crippen LogP contribution in [0.15, 0.2) is 42.5 Å². The minimum absolute atomic E-state index is 0.611. The topological polar surface area (TPSA) is 21.7 Å². The van der Waals surface area contributed by atoms with Crippen LogP contribution in [-0.2, 0) is 0 Å². The monoisotopic (exact) mass is 325 g/mol. The third kappa shape index (κ3) is 3.73. The molecule has 128 valence electrons. The van der Waals surface area contributed by atoms with Crippen molar-refractivity contribution in [1.29, 1.82) is 0 Å². The molecule has 0 N–H and O–H groups in total. The molecule has 0 spiro atoms. The average molecular weight is 325 g/mol. The maximum Gasteiger partial charge on any atom is 0.161 e. The lowest BCUT2D eigenvalue weighted by molar-refractivity contribution is 0.311. The highest BCUT2D eigenvalue weighted by atomic mass is 16.5. The van der Waals surface area contributed by atoms with Crippen molar-refractivity contribution >= 4 is 11.3 Å². The van der Waals surface area contributed by atoms with Gasteiger partial charge in [0.2, 0.25) is 0 Å². The standard InChI is InChI=1S/C21H27NO2/c1-7-18(16-10-9-15(3)19(13-16)22(4)5)17-11-12-20(23-6)21(14-17)24-8-2/h7,9-14H,8H2,1-6H3/b18-7+. The second-order valence-corrected chi connectivity index (χ2v) is 5.90. The zero-order valence-corrected chi connectivity index (χ0v) is 15.5. The summed E-state index contributed by atoms with van der Waals surface area (Å²) in [6.45, 7) is 6.79. The Balaban J connectivity index is 2.50. The molecule has 0 radical (unpaired) electrons. The van der Waals surface area contributed by atoms with Crippen molar-refractivity contribution in [2.45, 2.75) is 20.8 Å². The summed E-state index contributed by atoms with van der Waals surface area (Å²) < 4.78 is 11.1. The quantitative estimate of drug-likeness (QED) is 0.752. The lowest BCUT2D eigenvalue weighted by Gasteiger charge is -2.18. The Labute approximate surface area is 145 Å². The summed E-state index contributed by atoms with van der Waals surface area (Å²) in [5, 5.41) is 0. The summed E-state index contributed by atoms with van der Waals surface area (Å²) in [6.07, 6.45) is 2.14. The van der Waals surface area contributed by atoms with E-state index in [1.54, 1.807) is 7.11 Å². The first-order chi connectivity index (χ1) is 11.5. The molecular weight excluding hydrogens is 298 g/mol. The molecule has 3 heteroatoms. The first-order valence-corrected chi connectivity index (χ1v) is 8.27. The maximum absolute atomic E-state index is 5.72. The molecule has 24 heavy (non-hydrogen) atoms. The van der Waals surface area contributed by atoms with Gasteiger partial charge in [0.25, 0.3) is 0 Å². The number of hydrogen-bond donors (Lipinski definition) is 0. The van der Waals surface area contributed by atoms with Crippen molar-refractivity contribution in [3.63, 3.8) is 0 Å². The summed E-state index contributed by atoms with van der Waals surface area (Å²) in [7, 11) is 5.81. The number of benzene rings is 2. The number of rotatable bonds is 6. The number of ether oxygens (including phenoxy) is 2. The number of nitrogens with zero attached hydrogens (tertiary/aromatic N) is 1. The Morgan fingerprint density at radius 2 is 1.71 bits per heavy atom. The first kappa shape index (κ1) is 17.9. The fraction of sp³-hybridized carbons (Fsp3) is 0.333. The summed E-state index contributed by atoms with van der Waals surface area (Å²) in [4.78, 5) is 2.14. The van der Waals surface area contributed by atoms with Crippen LogP contribution in [0.4, 0.5) is 5.69 Å². The molecular formula is C21H27NO2. The van der Waals surface area contributed by atoms with Gasteiger partial charge < -0.3 is 14.4 Å². The molecule has 0 bridgehead atoms. The van der Waals surface area contributed by atoms with Gasteiger partial charge in [-0.3, -0.25) is 0 Å². The Hall–Kier alpha value is -2.42. The van der Waals surface area contributed by atoms with Crippen LogP contribution in [0.25, 0.3) is 5.57 Å². The zero-order valence-electron chi connectivity index (χ0n) is 15.5. The number of methoxy groups -OCH3 is 1. The zero-order chi connectivity index (χ0) is 17.7. The van der Waals surface area contributed by atoms with Gasteiger partial charge in [-0.2, -0.15) is 0 Å². The highest BCUT2D eigenvalue weighted by molar-refractivity contribution is 5.82. The molecule has 0 fully saturated rings. The van der Waals surface area contributed by atoms with Crippen LogP contribution in [0, 0.1) is 6.92 Å². The second-order valence-electron chi connectivity index (χ2n) is 5.90. The van der Waals surface area contributed by atoms with Gasteiger partial charge in [0.15, 0.2) is 11.5 Å². The summed E-state index contributed by atoms with van der Waals surface area (Å²) in [6, 6.07) is 12.7. The normalized spacial score (nSPS) is 11.3. The molecule has 0 saturated carbocycles. The number of allylic oxidation sites excluding steroid dienone is 1. The first-order valence-electron chi connectivity index (χ1n) is 8.27. The fourth-order valence-electron chi connectivity index (χ4n) is 2.87. The van der Waals surface area contributed by atoms with E-state index in [1.807, 2.05) is 19.1 Å². The Bertz CT molecular complexity index is 733. The van der Waals surface area contributed by atoms with E-state index in [0.29, 0.717) is 6.61 Å². The molecule has 0 unspecified atom stereocenters. The van der Waals surface area contributed by atoms with E-state index in [0.717, 1.165) is 17.1 Å². The van der Waals surface area contributed by atoms with Crippen molar-refractivity contribution in [2.75, 3.05) is 32.7 Å². The lowest BCUT2D eigenvalue weighted by Crippen LogP contribution is -2.10. The highest BCUT2D eigenvalue weighted by Crippen LogP contribution is 2.34. The smallest absolute Gasteiger partial charge is 0.161 e. The molecule has 0 heterocycles. The summed E-state index contributed by atoms with van der Waals surface area (Å²) in [5.74, 6) is 1.53. The molecule has 2 rings (SSSR count). The van der Waals surface area contributed by atoms with Crippen LogP contribution >= 0.6 is 0 Å². The summed E-state index contributed by atoms with van der Waals surface area (Å²) in [5.41, 5.74) is 5.99. The van der Waals surface area contributed by atoms with Gasteiger partial charge in [-0.25, -0.2) is 0 Å². The van der Waals surface area contributed by atoms with Gasteiger partial charge in [-0.05, 0) is 61.2 Å². The molecule has 0 atom stereocenters. The average Bonchev–Trinajstić information content (AvgIpc) is 2.57. The number of hydrogen-bond acceptors (Lipinski definition) is 3. The van der Waals surface area contributed by atoms with E-state index >= 15 is 0 Å². The molecule has 0 aliphatic carbocycles. The van der Waals surface area contributed by atoms with Gasteiger partial charge in [0.1, 0.15) is 0 Å². The van der Waals surface area contributed by atoms with Crippen LogP contribution in [0.2, 0.25) is 0 Å². The van der Waals surface area contributed by atoms with Gasteiger partial charge in [0, 0.05) is 19.8 Å².